The number of carbonyl (C=O) groups is 6. The predicted molar refractivity (Wildman–Crippen MR) is 159 cm³/mol. The van der Waals surface area contributed by atoms with Gasteiger partial charge in [0.15, 0.2) is 0 Å². The van der Waals surface area contributed by atoms with Crippen LogP contribution in [0.5, 0.6) is 0 Å². The number of hydrogen-bond acceptors (Lipinski definition) is 12. The maximum atomic E-state index is 12.4. The number of carboxylic acid groups (broad SMARTS) is 2. The van der Waals surface area contributed by atoms with E-state index in [2.05, 4.69) is 0 Å². The molecule has 0 aliphatic heterocycles. The van der Waals surface area contributed by atoms with Crippen molar-refractivity contribution in [2.24, 2.45) is 11.8 Å². The van der Waals surface area contributed by atoms with Crippen LogP contribution >= 0.6 is 0 Å². The minimum Gasteiger partial charge on any atom is -0.550 e. The summed E-state index contributed by atoms with van der Waals surface area (Å²) < 4.78 is 19.9. The monoisotopic (exact) mass is 642 g/mol. The normalized spacial score (nSPS) is 16.5. The summed E-state index contributed by atoms with van der Waals surface area (Å²) in [6, 6.07) is 0. The zero-order chi connectivity index (χ0) is 33.7. The number of aliphatic carboxylic acids is 2. The van der Waals surface area contributed by atoms with E-state index in [1.165, 1.54) is 28.4 Å². The molecule has 0 N–H and O–H groups in total. The summed E-state index contributed by atoms with van der Waals surface area (Å²) in [4.78, 5) is 70.0. The molecule has 13 heteroatoms. The number of allylic oxidation sites excluding steroid dienone is 4. The van der Waals surface area contributed by atoms with Crippen LogP contribution in [0.3, 0.4) is 0 Å². The van der Waals surface area contributed by atoms with E-state index in [0.29, 0.717) is 60.8 Å². The van der Waals surface area contributed by atoms with Crippen molar-refractivity contribution in [2.75, 3.05) is 28.4 Å². The Kier molecular flexibility index (Phi) is 18.3. The summed E-state index contributed by atoms with van der Waals surface area (Å²) in [5.74, 6) is -3.62. The summed E-state index contributed by atoms with van der Waals surface area (Å²) in [5.41, 5.74) is 1.52. The van der Waals surface area contributed by atoms with Gasteiger partial charge in [-0.3, -0.25) is 19.2 Å². The van der Waals surface area contributed by atoms with Gasteiger partial charge >= 0.3 is 23.1 Å². The standard InChI is InChI=1S/2C16H22O6.Mg/c2*1-9(6-8-12(17)18)5-7-11-10(2)13(19)15(21-3)16(22-4)14(11)20;/h2*9H,5-8H2,1-4H3,(H,17,18);/q;;+2/p-2. The maximum Gasteiger partial charge on any atom is 2.00 e. The Morgan fingerprint density at radius 3 is 1.07 bits per heavy atom. The van der Waals surface area contributed by atoms with Gasteiger partial charge in [0.2, 0.25) is 46.2 Å². The Hall–Kier alpha value is -3.45. The molecule has 0 amide bonds. The predicted octanol–water partition coefficient (Wildman–Crippen LogP) is 1.43. The fourth-order valence-corrected chi connectivity index (χ4v) is 4.78. The molecule has 2 unspecified atom stereocenters. The van der Waals surface area contributed by atoms with Gasteiger partial charge in [0.1, 0.15) is 0 Å². The molecule has 0 radical (unpaired) electrons. The van der Waals surface area contributed by atoms with E-state index in [4.69, 9.17) is 18.9 Å². The molecule has 0 saturated heterocycles. The minimum absolute atomic E-state index is 0. The number of carbonyl (C=O) groups excluding carboxylic acids is 6. The van der Waals surface area contributed by atoms with Gasteiger partial charge in [-0.15, -0.1) is 0 Å². The summed E-state index contributed by atoms with van der Waals surface area (Å²) in [6.07, 6.45) is 2.95. The molecule has 2 aliphatic rings. The smallest absolute Gasteiger partial charge is 0.550 e. The van der Waals surface area contributed by atoms with Gasteiger partial charge in [-0.25, -0.2) is 0 Å². The van der Waals surface area contributed by atoms with Gasteiger partial charge in [0, 0.05) is 34.2 Å². The van der Waals surface area contributed by atoms with Crippen molar-refractivity contribution in [3.8, 4) is 0 Å². The van der Waals surface area contributed by atoms with Crippen LogP contribution in [0.2, 0.25) is 0 Å². The Balaban J connectivity index is 0.000000842. The number of ketones is 4. The van der Waals surface area contributed by atoms with Crippen LogP contribution in [0.25, 0.3) is 0 Å². The van der Waals surface area contributed by atoms with Gasteiger partial charge in [0.25, 0.3) is 0 Å². The second-order valence-corrected chi connectivity index (χ2v) is 10.8. The van der Waals surface area contributed by atoms with E-state index in [0.717, 1.165) is 0 Å². The van der Waals surface area contributed by atoms with Crippen LogP contribution in [0, 0.1) is 11.8 Å². The van der Waals surface area contributed by atoms with Gasteiger partial charge < -0.3 is 38.7 Å². The zero-order valence-electron chi connectivity index (χ0n) is 27.4. The van der Waals surface area contributed by atoms with Crippen LogP contribution in [0.15, 0.2) is 45.3 Å². The second kappa shape index (κ2) is 19.8. The summed E-state index contributed by atoms with van der Waals surface area (Å²) in [5, 5.41) is 20.9. The summed E-state index contributed by atoms with van der Waals surface area (Å²) >= 11 is 0. The molecule has 2 aliphatic carbocycles. The third-order valence-electron chi connectivity index (χ3n) is 7.65. The molecule has 45 heavy (non-hydrogen) atoms. The zero-order valence-corrected chi connectivity index (χ0v) is 28.8. The second-order valence-electron chi connectivity index (χ2n) is 10.8. The molecular weight excluding hydrogens is 601 g/mol. The minimum atomic E-state index is -1.08. The molecule has 2 rings (SSSR count). The molecule has 244 valence electrons. The molecular formula is C32H42MgO12. The molecule has 2 atom stereocenters. The summed E-state index contributed by atoms with van der Waals surface area (Å²) in [6.45, 7) is 6.99. The first-order valence-corrected chi connectivity index (χ1v) is 14.3. The molecule has 0 aromatic rings. The van der Waals surface area contributed by atoms with Crippen molar-refractivity contribution in [1.82, 2.24) is 0 Å². The average molecular weight is 643 g/mol. The van der Waals surface area contributed by atoms with E-state index in [1.807, 2.05) is 13.8 Å². The number of ether oxygens (including phenoxy) is 4. The molecule has 0 aromatic heterocycles. The first-order chi connectivity index (χ1) is 20.7. The molecule has 0 saturated carbocycles. The van der Waals surface area contributed by atoms with Gasteiger partial charge in [0.05, 0.1) is 28.4 Å². The first-order valence-electron chi connectivity index (χ1n) is 14.3. The molecule has 0 fully saturated rings. The molecule has 0 bridgehead atoms. The fourth-order valence-electron chi connectivity index (χ4n) is 4.78. The topological polar surface area (TPSA) is 185 Å². The van der Waals surface area contributed by atoms with Crippen molar-refractivity contribution in [3.05, 3.63) is 45.3 Å². The number of Topliss-reactive ketones (excluding diaryl/α,β-unsaturated/α-hetero) is 4. The molecule has 0 aromatic carbocycles. The van der Waals surface area contributed by atoms with Gasteiger partial charge in [-0.1, -0.05) is 13.8 Å². The van der Waals surface area contributed by atoms with Crippen molar-refractivity contribution in [2.45, 2.75) is 79.1 Å². The van der Waals surface area contributed by atoms with Crippen molar-refractivity contribution >= 4 is 58.1 Å². The number of hydrogen-bond donors (Lipinski definition) is 0. The van der Waals surface area contributed by atoms with Crippen molar-refractivity contribution in [1.29, 1.82) is 0 Å². The van der Waals surface area contributed by atoms with E-state index in [9.17, 15) is 39.0 Å². The average Bonchev–Trinajstić information content (AvgIpc) is 2.98. The van der Waals surface area contributed by atoms with E-state index in [1.54, 1.807) is 13.8 Å². The maximum absolute atomic E-state index is 12.4. The first kappa shape index (κ1) is 41.5. The van der Waals surface area contributed by atoms with Crippen LogP contribution in [0.1, 0.15) is 79.1 Å². The summed E-state index contributed by atoms with van der Waals surface area (Å²) in [7, 11) is 5.28. The fraction of sp³-hybridized carbons (Fsp3) is 0.562. The van der Waals surface area contributed by atoms with Gasteiger partial charge in [-0.05, 0) is 77.0 Å². The van der Waals surface area contributed by atoms with E-state index >= 15 is 0 Å². The van der Waals surface area contributed by atoms with Gasteiger partial charge in [-0.2, -0.15) is 0 Å². The van der Waals surface area contributed by atoms with E-state index in [-0.39, 0.29) is 93.9 Å². The van der Waals surface area contributed by atoms with Crippen molar-refractivity contribution in [3.63, 3.8) is 0 Å². The Bertz CT molecular complexity index is 1190. The van der Waals surface area contributed by atoms with Crippen LogP contribution in [0.4, 0.5) is 0 Å². The van der Waals surface area contributed by atoms with E-state index < -0.39 is 11.9 Å². The SMILES string of the molecule is COC1=C(OC)C(=O)C(CCC(C)CCC(=O)[O-])=C(C)C1=O.COC1=C(OC)C(=O)C(CCC(C)CCC(=O)[O-])=C(C)C1=O.[Mg+2]. The third-order valence-corrected chi connectivity index (χ3v) is 7.65. The molecule has 12 nitrogen and oxygen atoms in total. The largest absolute Gasteiger partial charge is 2.00 e. The van der Waals surface area contributed by atoms with Crippen LogP contribution < -0.4 is 10.2 Å². The molecule has 0 spiro atoms. The Morgan fingerprint density at radius 1 is 0.556 bits per heavy atom. The Morgan fingerprint density at radius 2 is 0.822 bits per heavy atom. The van der Waals surface area contributed by atoms with Crippen LogP contribution in [-0.4, -0.2) is 86.6 Å². The quantitative estimate of drug-likeness (QED) is 0.174. The van der Waals surface area contributed by atoms with Crippen molar-refractivity contribution < 1.29 is 57.9 Å². The number of methoxy groups -OCH3 is 4. The number of rotatable bonds is 16. The number of carboxylic acids is 2. The van der Waals surface area contributed by atoms with Crippen LogP contribution in [-0.2, 0) is 47.7 Å². The Labute approximate surface area is 280 Å². The third kappa shape index (κ3) is 11.4. The molecule has 0 heterocycles.